The fourth-order valence-corrected chi connectivity index (χ4v) is 6.72. The standard InChI is InChI=1S/C23H18Cl2F4N2O4S/c24-17-6-11(7-18(25)20(17)26)22(23(27,28)29)8-19(31-35-22)15-4-5-16(14-3-1-2-13(14)15)21(32)30-12-9-36(33,34)10-12/h4-7,12H,1-3,8-10H2,(H,30,32). The summed E-state index contributed by atoms with van der Waals surface area (Å²) in [5, 5.41) is 5.32. The van der Waals surface area contributed by atoms with Gasteiger partial charge in [-0.3, -0.25) is 4.79 Å². The minimum absolute atomic E-state index is 0.0269. The summed E-state index contributed by atoms with van der Waals surface area (Å²) in [5.41, 5.74) is -1.20. The fourth-order valence-electron chi connectivity index (χ4n) is 4.94. The van der Waals surface area contributed by atoms with Crippen LogP contribution in [0.1, 0.15) is 45.5 Å². The van der Waals surface area contributed by atoms with Gasteiger partial charge in [0.05, 0.1) is 33.3 Å². The molecule has 192 valence electrons. The lowest BCUT2D eigenvalue weighted by Gasteiger charge is -2.30. The highest BCUT2D eigenvalue weighted by atomic mass is 35.5. The number of nitrogens with zero attached hydrogens (tertiary/aromatic N) is 1. The van der Waals surface area contributed by atoms with Crippen LogP contribution < -0.4 is 5.32 Å². The van der Waals surface area contributed by atoms with Crippen molar-refractivity contribution in [3.8, 4) is 0 Å². The molecule has 0 spiro atoms. The van der Waals surface area contributed by atoms with Gasteiger partial charge in [-0.1, -0.05) is 34.4 Å². The molecule has 36 heavy (non-hydrogen) atoms. The van der Waals surface area contributed by atoms with Gasteiger partial charge < -0.3 is 10.2 Å². The molecule has 0 aromatic heterocycles. The van der Waals surface area contributed by atoms with Crippen molar-refractivity contribution in [2.45, 2.75) is 43.5 Å². The largest absolute Gasteiger partial charge is 0.435 e. The summed E-state index contributed by atoms with van der Waals surface area (Å²) in [6, 6.07) is 4.22. The first-order valence-corrected chi connectivity index (χ1v) is 13.5. The summed E-state index contributed by atoms with van der Waals surface area (Å²) in [4.78, 5) is 17.8. The fraction of sp³-hybridized carbons (Fsp3) is 0.391. The normalized spacial score (nSPS) is 23.0. The van der Waals surface area contributed by atoms with E-state index in [-0.39, 0.29) is 17.2 Å². The predicted octanol–water partition coefficient (Wildman–Crippen LogP) is 4.73. The molecule has 2 aromatic rings. The topological polar surface area (TPSA) is 84.8 Å². The van der Waals surface area contributed by atoms with E-state index in [1.54, 1.807) is 0 Å². The average Bonchev–Trinajstić information content (AvgIpc) is 3.43. The molecule has 0 radical (unpaired) electrons. The van der Waals surface area contributed by atoms with E-state index in [4.69, 9.17) is 28.0 Å². The van der Waals surface area contributed by atoms with Crippen molar-refractivity contribution < 1.29 is 35.6 Å². The van der Waals surface area contributed by atoms with E-state index in [1.165, 1.54) is 12.1 Å². The number of halogens is 6. The van der Waals surface area contributed by atoms with Crippen molar-refractivity contribution in [3.05, 3.63) is 67.9 Å². The zero-order valence-corrected chi connectivity index (χ0v) is 20.7. The Morgan fingerprint density at radius 2 is 1.75 bits per heavy atom. The maximum atomic E-state index is 14.3. The molecule has 0 bridgehead atoms. The summed E-state index contributed by atoms with van der Waals surface area (Å²) >= 11 is 11.5. The lowest BCUT2D eigenvalue weighted by atomic mass is 9.84. The molecular formula is C23H18Cl2F4N2O4S. The molecule has 0 saturated carbocycles. The van der Waals surface area contributed by atoms with Crippen LogP contribution in [0.2, 0.25) is 10.0 Å². The molecular weight excluding hydrogens is 547 g/mol. The van der Waals surface area contributed by atoms with Gasteiger partial charge in [-0.05, 0) is 48.6 Å². The second-order valence-electron chi connectivity index (χ2n) is 9.10. The van der Waals surface area contributed by atoms with Crippen molar-refractivity contribution in [1.29, 1.82) is 0 Å². The molecule has 1 aliphatic carbocycles. The number of amides is 1. The highest BCUT2D eigenvalue weighted by Gasteiger charge is 2.62. The zero-order chi connectivity index (χ0) is 26.0. The summed E-state index contributed by atoms with van der Waals surface area (Å²) in [5.74, 6) is -1.71. The molecule has 13 heteroatoms. The van der Waals surface area contributed by atoms with Gasteiger partial charge in [0.25, 0.3) is 11.5 Å². The van der Waals surface area contributed by atoms with Gasteiger partial charge in [-0.15, -0.1) is 0 Å². The quantitative estimate of drug-likeness (QED) is 0.429. The van der Waals surface area contributed by atoms with E-state index in [1.807, 2.05) is 0 Å². The molecule has 1 saturated heterocycles. The van der Waals surface area contributed by atoms with Crippen LogP contribution >= 0.6 is 23.2 Å². The average molecular weight is 565 g/mol. The summed E-state index contributed by atoms with van der Waals surface area (Å²) in [6.45, 7) is 0. The van der Waals surface area contributed by atoms with Crippen molar-refractivity contribution in [2.24, 2.45) is 5.16 Å². The smallest absolute Gasteiger partial charge is 0.374 e. The second kappa shape index (κ2) is 8.59. The number of fused-ring (bicyclic) bond motifs is 1. The Hall–Kier alpha value is -2.37. The third kappa shape index (κ3) is 4.14. The molecule has 1 N–H and O–H groups in total. The number of carbonyl (C=O) groups is 1. The summed E-state index contributed by atoms with van der Waals surface area (Å²) < 4.78 is 79.7. The SMILES string of the molecule is O=C(NC1CS(=O)(=O)C1)c1ccc(C2=NOC(c3cc(Cl)c(F)c(Cl)c3)(C(F)(F)F)C2)c2c1CCC2. The minimum atomic E-state index is -4.94. The maximum absolute atomic E-state index is 14.3. The van der Waals surface area contributed by atoms with E-state index in [9.17, 15) is 30.8 Å². The van der Waals surface area contributed by atoms with Gasteiger partial charge in [0.2, 0.25) is 0 Å². The zero-order valence-electron chi connectivity index (χ0n) is 18.4. The number of sulfone groups is 1. The number of nitrogens with one attached hydrogen (secondary N) is 1. The van der Waals surface area contributed by atoms with E-state index in [0.29, 0.717) is 41.5 Å². The first-order chi connectivity index (χ1) is 16.8. The van der Waals surface area contributed by atoms with Crippen molar-refractivity contribution >= 4 is 44.7 Å². The molecule has 6 nitrogen and oxygen atoms in total. The first-order valence-electron chi connectivity index (χ1n) is 10.9. The summed E-state index contributed by atoms with van der Waals surface area (Å²) in [7, 11) is -3.12. The molecule has 1 atom stereocenters. The number of carbonyl (C=O) groups excluding carboxylic acids is 1. The van der Waals surface area contributed by atoms with E-state index < -0.39 is 61.4 Å². The van der Waals surface area contributed by atoms with Gasteiger partial charge in [-0.2, -0.15) is 13.2 Å². The van der Waals surface area contributed by atoms with Gasteiger partial charge in [-0.25, -0.2) is 12.8 Å². The molecule has 2 aromatic carbocycles. The van der Waals surface area contributed by atoms with Crippen LogP contribution in [0.4, 0.5) is 17.6 Å². The highest BCUT2D eigenvalue weighted by molar-refractivity contribution is 7.92. The Labute approximate surface area is 213 Å². The first kappa shape index (κ1) is 25.3. The van der Waals surface area contributed by atoms with Crippen LogP contribution in [0.3, 0.4) is 0 Å². The lowest BCUT2D eigenvalue weighted by Crippen LogP contribution is -2.53. The monoisotopic (exact) mass is 564 g/mol. The number of hydrogen-bond acceptors (Lipinski definition) is 5. The van der Waals surface area contributed by atoms with Crippen molar-refractivity contribution in [1.82, 2.24) is 5.32 Å². The van der Waals surface area contributed by atoms with Crippen LogP contribution in [0.25, 0.3) is 0 Å². The molecule has 1 fully saturated rings. The third-order valence-electron chi connectivity index (χ3n) is 6.72. The number of alkyl halides is 3. The number of rotatable bonds is 4. The van der Waals surface area contributed by atoms with Crippen LogP contribution in [0, 0.1) is 5.82 Å². The van der Waals surface area contributed by atoms with Gasteiger partial charge in [0, 0.05) is 23.1 Å². The lowest BCUT2D eigenvalue weighted by molar-refractivity contribution is -0.275. The van der Waals surface area contributed by atoms with E-state index in [0.717, 1.165) is 12.1 Å². The highest BCUT2D eigenvalue weighted by Crippen LogP contribution is 2.50. The maximum Gasteiger partial charge on any atom is 0.435 e. The Balaban J connectivity index is 1.47. The Morgan fingerprint density at radius 3 is 2.36 bits per heavy atom. The Bertz CT molecular complexity index is 1390. The number of benzene rings is 2. The van der Waals surface area contributed by atoms with Crippen LogP contribution in [-0.4, -0.2) is 43.8 Å². The predicted molar refractivity (Wildman–Crippen MR) is 125 cm³/mol. The second-order valence-corrected chi connectivity index (χ2v) is 12.1. The van der Waals surface area contributed by atoms with Crippen molar-refractivity contribution in [3.63, 3.8) is 0 Å². The van der Waals surface area contributed by atoms with Crippen LogP contribution in [0.5, 0.6) is 0 Å². The Morgan fingerprint density at radius 1 is 1.11 bits per heavy atom. The summed E-state index contributed by atoms with van der Waals surface area (Å²) in [6.07, 6.45) is -3.89. The van der Waals surface area contributed by atoms with Gasteiger partial charge in [0.1, 0.15) is 0 Å². The molecule has 2 aliphatic heterocycles. The minimum Gasteiger partial charge on any atom is -0.374 e. The number of oxime groups is 1. The number of hydrogen-bond donors (Lipinski definition) is 1. The molecule has 3 aliphatic rings. The Kier molecular flexibility index (Phi) is 6.04. The molecule has 5 rings (SSSR count). The molecule has 1 unspecified atom stereocenters. The van der Waals surface area contributed by atoms with E-state index >= 15 is 0 Å². The van der Waals surface area contributed by atoms with Gasteiger partial charge in [0.15, 0.2) is 15.7 Å². The van der Waals surface area contributed by atoms with Crippen LogP contribution in [-0.2, 0) is 33.1 Å². The molecule has 2 heterocycles. The third-order valence-corrected chi connectivity index (χ3v) is 9.09. The molecule has 1 amide bonds. The van der Waals surface area contributed by atoms with E-state index in [2.05, 4.69) is 10.5 Å². The van der Waals surface area contributed by atoms with Gasteiger partial charge >= 0.3 is 6.18 Å². The van der Waals surface area contributed by atoms with Crippen molar-refractivity contribution in [2.75, 3.05) is 11.5 Å². The van der Waals surface area contributed by atoms with Crippen LogP contribution in [0.15, 0.2) is 29.4 Å².